The van der Waals surface area contributed by atoms with Crippen LogP contribution in [0.2, 0.25) is 0 Å². The van der Waals surface area contributed by atoms with Gasteiger partial charge in [-0.1, -0.05) is 26.7 Å². The third kappa shape index (κ3) is 6.33. The van der Waals surface area contributed by atoms with Crippen molar-refractivity contribution in [1.82, 2.24) is 0 Å². The van der Waals surface area contributed by atoms with Crippen molar-refractivity contribution in [3.8, 4) is 0 Å². The quantitative estimate of drug-likeness (QED) is 0.303. The van der Waals surface area contributed by atoms with Gasteiger partial charge in [0.2, 0.25) is 0 Å². The van der Waals surface area contributed by atoms with E-state index in [1.165, 1.54) is 0 Å². The highest BCUT2D eigenvalue weighted by atomic mass is 31.2. The first kappa shape index (κ1) is 22.0. The lowest BCUT2D eigenvalue weighted by molar-refractivity contribution is -0.281. The van der Waals surface area contributed by atoms with Crippen molar-refractivity contribution >= 4 is 7.82 Å². The smallest absolute Gasteiger partial charge is 0.394 e. The molecule has 9 nitrogen and oxygen atoms in total. The number of aliphatic hydroxyl groups is 4. The first-order valence-corrected chi connectivity index (χ1v) is 9.72. The number of aliphatic hydroxyl groups excluding tert-OH is 4. The van der Waals surface area contributed by atoms with E-state index in [0.29, 0.717) is 12.8 Å². The Labute approximate surface area is 142 Å². The van der Waals surface area contributed by atoms with E-state index in [1.807, 2.05) is 13.8 Å². The van der Waals surface area contributed by atoms with Gasteiger partial charge in [-0.2, -0.15) is 0 Å². The highest BCUT2D eigenvalue weighted by Gasteiger charge is 2.47. The van der Waals surface area contributed by atoms with E-state index >= 15 is 0 Å². The molecule has 10 heteroatoms. The van der Waals surface area contributed by atoms with Crippen molar-refractivity contribution in [3.05, 3.63) is 0 Å². The number of hydrogen-bond donors (Lipinski definition) is 4. The van der Waals surface area contributed by atoms with Crippen LogP contribution in [0.4, 0.5) is 0 Å². The van der Waals surface area contributed by atoms with Crippen LogP contribution in [-0.2, 0) is 22.9 Å². The molecule has 0 aromatic carbocycles. The van der Waals surface area contributed by atoms with Gasteiger partial charge in [0.1, 0.15) is 24.4 Å². The second kappa shape index (κ2) is 10.8. The molecule has 1 rings (SSSR count). The summed E-state index contributed by atoms with van der Waals surface area (Å²) in [5.74, 6) is 0. The zero-order valence-electron chi connectivity index (χ0n) is 14.1. The van der Waals surface area contributed by atoms with E-state index in [0.717, 1.165) is 12.8 Å². The molecule has 1 fully saturated rings. The van der Waals surface area contributed by atoms with Gasteiger partial charge in [0.25, 0.3) is 0 Å². The Morgan fingerprint density at radius 3 is 1.96 bits per heavy atom. The van der Waals surface area contributed by atoms with Crippen molar-refractivity contribution in [2.75, 3.05) is 19.8 Å². The van der Waals surface area contributed by atoms with Crippen LogP contribution >= 0.6 is 7.82 Å². The molecule has 1 aliphatic rings. The van der Waals surface area contributed by atoms with Gasteiger partial charge in [0.15, 0.2) is 6.29 Å². The molecule has 1 unspecified atom stereocenters. The van der Waals surface area contributed by atoms with E-state index in [-0.39, 0.29) is 13.2 Å². The highest BCUT2D eigenvalue weighted by Crippen LogP contribution is 2.52. The van der Waals surface area contributed by atoms with Crippen molar-refractivity contribution in [2.45, 2.75) is 70.2 Å². The number of unbranched alkanes of at least 4 members (excludes halogenated alkanes) is 2. The SMILES string of the molecule is CCCCOP(=O)(OCCCC)OC1O[C@H](CO)[C@H](O)[C@H](O)[C@H]1O. The first-order valence-electron chi connectivity index (χ1n) is 8.26. The van der Waals surface area contributed by atoms with Crippen molar-refractivity contribution in [2.24, 2.45) is 0 Å². The zero-order chi connectivity index (χ0) is 18.2. The summed E-state index contributed by atoms with van der Waals surface area (Å²) in [6.45, 7) is 3.53. The average Bonchev–Trinajstić information content (AvgIpc) is 2.56. The molecule has 0 radical (unpaired) electrons. The molecule has 5 atom stereocenters. The molecule has 0 bridgehead atoms. The molecule has 0 aromatic heterocycles. The second-order valence-electron chi connectivity index (χ2n) is 5.62. The van der Waals surface area contributed by atoms with Crippen LogP contribution in [0.25, 0.3) is 0 Å². The Morgan fingerprint density at radius 1 is 0.958 bits per heavy atom. The largest absolute Gasteiger partial charge is 0.477 e. The molecule has 1 saturated heterocycles. The summed E-state index contributed by atoms with van der Waals surface area (Å²) in [5, 5.41) is 38.6. The molecule has 144 valence electrons. The Bertz CT molecular complexity index is 378. The number of phosphoric ester groups is 1. The summed E-state index contributed by atoms with van der Waals surface area (Å²) in [5.41, 5.74) is 0. The second-order valence-corrected chi connectivity index (χ2v) is 7.25. The fourth-order valence-corrected chi connectivity index (χ4v) is 3.35. The molecule has 4 N–H and O–H groups in total. The standard InChI is InChI=1S/C14H29O9P/c1-3-5-7-20-24(19,21-8-6-4-2)23-14-13(18)12(17)11(16)10(9-15)22-14/h10-18H,3-9H2,1-2H3/t10-,11+,12+,13-,14?/m1/s1. The van der Waals surface area contributed by atoms with Crippen LogP contribution in [0.1, 0.15) is 39.5 Å². The summed E-state index contributed by atoms with van der Waals surface area (Å²) in [6.07, 6.45) is -4.63. The minimum absolute atomic E-state index is 0.136. The lowest BCUT2D eigenvalue weighted by Gasteiger charge is -2.40. The van der Waals surface area contributed by atoms with Gasteiger partial charge < -0.3 is 25.2 Å². The van der Waals surface area contributed by atoms with Gasteiger partial charge in [0.05, 0.1) is 19.8 Å². The fraction of sp³-hybridized carbons (Fsp3) is 1.00. The number of phosphoric acid groups is 1. The summed E-state index contributed by atoms with van der Waals surface area (Å²) < 4.78 is 33.5. The van der Waals surface area contributed by atoms with E-state index in [1.54, 1.807) is 0 Å². The van der Waals surface area contributed by atoms with Gasteiger partial charge in [-0.05, 0) is 12.8 Å². The van der Waals surface area contributed by atoms with E-state index in [2.05, 4.69) is 0 Å². The van der Waals surface area contributed by atoms with Crippen molar-refractivity contribution < 1.29 is 43.3 Å². The van der Waals surface area contributed by atoms with Gasteiger partial charge in [-0.15, -0.1) is 0 Å². The van der Waals surface area contributed by atoms with Gasteiger partial charge in [-0.3, -0.25) is 13.6 Å². The maximum atomic E-state index is 12.7. The predicted octanol–water partition coefficient (Wildman–Crippen LogP) is 0.544. The maximum Gasteiger partial charge on any atom is 0.477 e. The molecular formula is C14H29O9P. The minimum atomic E-state index is -4.03. The average molecular weight is 372 g/mol. The third-order valence-corrected chi connectivity index (χ3v) is 5.04. The maximum absolute atomic E-state index is 12.7. The van der Waals surface area contributed by atoms with Crippen LogP contribution in [0.5, 0.6) is 0 Å². The summed E-state index contributed by atoms with van der Waals surface area (Å²) in [7, 11) is -4.03. The molecule has 0 saturated carbocycles. The highest BCUT2D eigenvalue weighted by molar-refractivity contribution is 7.48. The summed E-state index contributed by atoms with van der Waals surface area (Å²) in [4.78, 5) is 0. The normalized spacial score (nSPS) is 31.3. The van der Waals surface area contributed by atoms with Crippen LogP contribution < -0.4 is 0 Å². The zero-order valence-corrected chi connectivity index (χ0v) is 15.0. The van der Waals surface area contributed by atoms with Crippen LogP contribution in [-0.4, -0.2) is 71.0 Å². The number of hydrogen-bond acceptors (Lipinski definition) is 9. The topological polar surface area (TPSA) is 135 Å². The predicted molar refractivity (Wildman–Crippen MR) is 84.2 cm³/mol. The molecule has 1 aliphatic heterocycles. The van der Waals surface area contributed by atoms with Crippen LogP contribution in [0.15, 0.2) is 0 Å². The monoisotopic (exact) mass is 372 g/mol. The van der Waals surface area contributed by atoms with Crippen LogP contribution in [0.3, 0.4) is 0 Å². The Morgan fingerprint density at radius 2 is 1.50 bits per heavy atom. The molecule has 1 heterocycles. The van der Waals surface area contributed by atoms with Gasteiger partial charge >= 0.3 is 7.82 Å². The lowest BCUT2D eigenvalue weighted by Crippen LogP contribution is -2.59. The minimum Gasteiger partial charge on any atom is -0.394 e. The van der Waals surface area contributed by atoms with E-state index < -0.39 is 45.1 Å². The molecule has 0 aromatic rings. The fourth-order valence-electron chi connectivity index (χ4n) is 2.02. The Hall–Kier alpha value is -0.0900. The Balaban J connectivity index is 2.76. The first-order chi connectivity index (χ1) is 11.4. The van der Waals surface area contributed by atoms with Crippen molar-refractivity contribution in [3.63, 3.8) is 0 Å². The summed E-state index contributed by atoms with van der Waals surface area (Å²) in [6, 6.07) is 0. The summed E-state index contributed by atoms with van der Waals surface area (Å²) >= 11 is 0. The number of ether oxygens (including phenoxy) is 1. The number of rotatable bonds is 11. The molecule has 24 heavy (non-hydrogen) atoms. The third-order valence-electron chi connectivity index (χ3n) is 3.58. The van der Waals surface area contributed by atoms with Gasteiger partial charge in [-0.25, -0.2) is 4.57 Å². The van der Waals surface area contributed by atoms with Crippen molar-refractivity contribution in [1.29, 1.82) is 0 Å². The molecular weight excluding hydrogens is 343 g/mol. The molecule has 0 aliphatic carbocycles. The Kier molecular flexibility index (Phi) is 9.88. The van der Waals surface area contributed by atoms with Gasteiger partial charge in [0, 0.05) is 0 Å². The van der Waals surface area contributed by atoms with E-state index in [9.17, 15) is 19.9 Å². The van der Waals surface area contributed by atoms with Crippen LogP contribution in [0, 0.1) is 0 Å². The molecule has 0 spiro atoms. The van der Waals surface area contributed by atoms with E-state index in [4.69, 9.17) is 23.4 Å². The lowest BCUT2D eigenvalue weighted by atomic mass is 10.00. The molecule has 0 amide bonds.